The zero-order chi connectivity index (χ0) is 18.3. The van der Waals surface area contributed by atoms with Crippen LogP contribution in [0.4, 0.5) is 0 Å². The van der Waals surface area contributed by atoms with Gasteiger partial charge in [0.2, 0.25) is 0 Å². The summed E-state index contributed by atoms with van der Waals surface area (Å²) in [6.45, 7) is 17.4. The first kappa shape index (κ1) is 23.7. The number of aryl methyl sites for hydroxylation is 1. The van der Waals surface area contributed by atoms with E-state index in [9.17, 15) is 0 Å². The van der Waals surface area contributed by atoms with Crippen LogP contribution in [-0.2, 0) is 11.2 Å². The third-order valence-corrected chi connectivity index (χ3v) is 3.71. The van der Waals surface area contributed by atoms with Gasteiger partial charge in [0.25, 0.3) is 0 Å². The number of allylic oxidation sites excluding steroid dienone is 2. The van der Waals surface area contributed by atoms with Crippen molar-refractivity contribution in [2.45, 2.75) is 73.6 Å². The lowest BCUT2D eigenvalue weighted by atomic mass is 9.86. The first-order valence-corrected chi connectivity index (χ1v) is 8.90. The number of ether oxygens (including phenoxy) is 1. The average Bonchev–Trinajstić information content (AvgIpc) is 2.66. The van der Waals surface area contributed by atoms with Crippen molar-refractivity contribution in [1.29, 1.82) is 0 Å². The lowest BCUT2D eigenvalue weighted by Crippen LogP contribution is -2.14. The van der Waals surface area contributed by atoms with Crippen LogP contribution in [0.25, 0.3) is 0 Å². The highest BCUT2D eigenvalue weighted by Crippen LogP contribution is 2.37. The molecule has 0 radical (unpaired) electrons. The molecule has 23 heavy (non-hydrogen) atoms. The molecule has 1 unspecified atom stereocenters. The van der Waals surface area contributed by atoms with Crippen molar-refractivity contribution in [3.63, 3.8) is 0 Å². The molecule has 1 aromatic carbocycles. The van der Waals surface area contributed by atoms with Crippen molar-refractivity contribution < 1.29 is 9.53 Å². The molecule has 2 nitrogen and oxygen atoms in total. The lowest BCUT2D eigenvalue weighted by Gasteiger charge is -2.26. The summed E-state index contributed by atoms with van der Waals surface area (Å²) in [7, 11) is 0. The van der Waals surface area contributed by atoms with Gasteiger partial charge in [0.15, 0.2) is 0 Å². The summed E-state index contributed by atoms with van der Waals surface area (Å²) in [5, 5.41) is 0. The van der Waals surface area contributed by atoms with Gasteiger partial charge in [-0.2, -0.15) is 0 Å². The maximum atomic E-state index is 8.00. The summed E-state index contributed by atoms with van der Waals surface area (Å²) in [6, 6.07) is 6.66. The van der Waals surface area contributed by atoms with Gasteiger partial charge >= 0.3 is 0 Å². The molecule has 1 atom stereocenters. The standard InChI is InChI=1S/C16H22O.2C2H6.CH2O/c1-4-12(3)10-14-8-9-17-16-7-6-13(5-2)11-15(14)16;3*1-2/h4,6-7,11,14H,5,8-10H2,1-3H3;2*1-2H3;1H2/b12-4+;;;. The molecule has 0 aromatic heterocycles. The van der Waals surface area contributed by atoms with Gasteiger partial charge in [0, 0.05) is 0 Å². The second kappa shape index (κ2) is 15.3. The average molecular weight is 321 g/mol. The van der Waals surface area contributed by atoms with E-state index >= 15 is 0 Å². The number of rotatable bonds is 3. The molecule has 132 valence electrons. The molecule has 1 aliphatic rings. The van der Waals surface area contributed by atoms with Crippen LogP contribution >= 0.6 is 0 Å². The van der Waals surface area contributed by atoms with Crippen molar-refractivity contribution in [2.75, 3.05) is 6.61 Å². The van der Waals surface area contributed by atoms with Crippen LogP contribution in [0.5, 0.6) is 5.75 Å². The second-order valence-electron chi connectivity index (χ2n) is 4.90. The Kier molecular flexibility index (Phi) is 15.8. The zero-order valence-corrected chi connectivity index (χ0v) is 16.2. The highest BCUT2D eigenvalue weighted by Gasteiger charge is 2.21. The van der Waals surface area contributed by atoms with Crippen molar-refractivity contribution in [3.8, 4) is 5.75 Å². The molecule has 2 rings (SSSR count). The van der Waals surface area contributed by atoms with Crippen LogP contribution < -0.4 is 4.74 Å². The van der Waals surface area contributed by atoms with Crippen molar-refractivity contribution in [2.24, 2.45) is 0 Å². The van der Waals surface area contributed by atoms with Crippen LogP contribution in [0, 0.1) is 0 Å². The van der Waals surface area contributed by atoms with Gasteiger partial charge in [-0.25, -0.2) is 0 Å². The van der Waals surface area contributed by atoms with Crippen molar-refractivity contribution in [3.05, 3.63) is 41.0 Å². The number of carbonyl (C=O) groups excluding carboxylic acids is 1. The Balaban J connectivity index is 0. The number of carbonyl (C=O) groups is 1. The third-order valence-electron chi connectivity index (χ3n) is 3.71. The van der Waals surface area contributed by atoms with Gasteiger partial charge in [-0.3, -0.25) is 0 Å². The largest absolute Gasteiger partial charge is 0.493 e. The topological polar surface area (TPSA) is 26.3 Å². The molecule has 0 amide bonds. The number of hydrogen-bond donors (Lipinski definition) is 0. The van der Waals surface area contributed by atoms with Gasteiger partial charge < -0.3 is 9.53 Å². The maximum Gasteiger partial charge on any atom is 0.122 e. The lowest BCUT2D eigenvalue weighted by molar-refractivity contribution is -0.0979. The van der Waals surface area contributed by atoms with Crippen LogP contribution in [0.2, 0.25) is 0 Å². The van der Waals surface area contributed by atoms with Crippen LogP contribution in [0.1, 0.15) is 78.4 Å². The Hall–Kier alpha value is -1.57. The molecule has 0 bridgehead atoms. The fraction of sp³-hybridized carbons (Fsp3) is 0.571. The Morgan fingerprint density at radius 2 is 1.87 bits per heavy atom. The molecule has 1 heterocycles. The van der Waals surface area contributed by atoms with E-state index in [1.807, 2.05) is 34.5 Å². The third kappa shape index (κ3) is 8.01. The fourth-order valence-corrected chi connectivity index (χ4v) is 2.45. The minimum absolute atomic E-state index is 0.640. The van der Waals surface area contributed by atoms with Crippen molar-refractivity contribution in [1.82, 2.24) is 0 Å². The van der Waals surface area contributed by atoms with Gasteiger partial charge in [0.1, 0.15) is 12.5 Å². The normalized spacial score (nSPS) is 15.3. The number of hydrogen-bond acceptors (Lipinski definition) is 2. The number of fused-ring (bicyclic) bond motifs is 1. The SMILES string of the molecule is C/C=C(\C)CC1CCOc2ccc(CC)cc21.C=O.CC.CC. The van der Waals surface area contributed by atoms with Gasteiger partial charge in [0.05, 0.1) is 6.61 Å². The van der Waals surface area contributed by atoms with E-state index in [2.05, 4.69) is 45.0 Å². The highest BCUT2D eigenvalue weighted by atomic mass is 16.5. The molecule has 0 aliphatic carbocycles. The summed E-state index contributed by atoms with van der Waals surface area (Å²) in [5.74, 6) is 1.74. The van der Waals surface area contributed by atoms with Gasteiger partial charge in [-0.1, -0.05) is 58.4 Å². The van der Waals surface area contributed by atoms with Crippen LogP contribution in [0.15, 0.2) is 29.8 Å². The second-order valence-corrected chi connectivity index (χ2v) is 4.90. The smallest absolute Gasteiger partial charge is 0.122 e. The van der Waals surface area contributed by atoms with E-state index in [0.29, 0.717) is 5.92 Å². The first-order chi connectivity index (χ1) is 11.2. The van der Waals surface area contributed by atoms with Gasteiger partial charge in [-0.05, 0) is 56.2 Å². The molecule has 1 aromatic rings. The summed E-state index contributed by atoms with van der Waals surface area (Å²) < 4.78 is 5.75. The predicted molar refractivity (Wildman–Crippen MR) is 103 cm³/mol. The van der Waals surface area contributed by atoms with Gasteiger partial charge in [-0.15, -0.1) is 0 Å². The van der Waals surface area contributed by atoms with E-state index in [-0.39, 0.29) is 0 Å². The van der Waals surface area contributed by atoms with Crippen LogP contribution in [0.3, 0.4) is 0 Å². The minimum Gasteiger partial charge on any atom is -0.493 e. The first-order valence-electron chi connectivity index (χ1n) is 8.90. The summed E-state index contributed by atoms with van der Waals surface area (Å²) >= 11 is 0. The Bertz CT molecular complexity index is 435. The van der Waals surface area contributed by atoms with Crippen molar-refractivity contribution >= 4 is 6.79 Å². The van der Waals surface area contributed by atoms with E-state index in [0.717, 1.165) is 25.2 Å². The van der Waals surface area contributed by atoms with E-state index in [1.54, 1.807) is 0 Å². The fourth-order valence-electron chi connectivity index (χ4n) is 2.45. The summed E-state index contributed by atoms with van der Waals surface area (Å²) in [4.78, 5) is 8.00. The zero-order valence-electron chi connectivity index (χ0n) is 16.2. The predicted octanol–water partition coefficient (Wildman–Crippen LogP) is 6.34. The molecule has 0 saturated carbocycles. The summed E-state index contributed by atoms with van der Waals surface area (Å²) in [6.07, 6.45) is 5.63. The molecule has 2 heteroatoms. The number of benzene rings is 1. The quantitative estimate of drug-likeness (QED) is 0.607. The Morgan fingerprint density at radius 3 is 2.39 bits per heavy atom. The monoisotopic (exact) mass is 320 g/mol. The Morgan fingerprint density at radius 1 is 1.26 bits per heavy atom. The van der Waals surface area contributed by atoms with E-state index in [4.69, 9.17) is 9.53 Å². The summed E-state index contributed by atoms with van der Waals surface area (Å²) in [5.41, 5.74) is 4.30. The highest BCUT2D eigenvalue weighted by molar-refractivity contribution is 5.41. The maximum absolute atomic E-state index is 8.00. The molecular weight excluding hydrogens is 284 g/mol. The molecule has 0 saturated heterocycles. The minimum atomic E-state index is 0.640. The van der Waals surface area contributed by atoms with E-state index in [1.165, 1.54) is 23.1 Å². The Labute approximate surface area is 144 Å². The van der Waals surface area contributed by atoms with E-state index < -0.39 is 0 Å². The molecule has 0 spiro atoms. The van der Waals surface area contributed by atoms with Crippen LogP contribution in [-0.4, -0.2) is 13.4 Å². The molecule has 0 N–H and O–H groups in total. The molecular formula is C21H36O2. The molecule has 0 fully saturated rings. The molecule has 1 aliphatic heterocycles.